The van der Waals surface area contributed by atoms with E-state index in [1.807, 2.05) is 60.5 Å². The molecule has 1 saturated heterocycles. The third-order valence-electron chi connectivity index (χ3n) is 5.80. The number of benzene rings is 2. The van der Waals surface area contributed by atoms with E-state index in [1.165, 1.54) is 0 Å². The summed E-state index contributed by atoms with van der Waals surface area (Å²) in [6, 6.07) is 15.8. The molecule has 0 saturated carbocycles. The molecule has 2 atom stereocenters. The molecule has 1 aliphatic heterocycles. The molecule has 2 aromatic rings. The Balaban J connectivity index is 1.77. The Morgan fingerprint density at radius 3 is 2.52 bits per heavy atom. The van der Waals surface area contributed by atoms with Gasteiger partial charge in [0.05, 0.1) is 5.60 Å². The first-order valence-corrected chi connectivity index (χ1v) is 10.9. The predicted octanol–water partition coefficient (Wildman–Crippen LogP) is 6.13. The number of halogens is 2. The van der Waals surface area contributed by atoms with Gasteiger partial charge < -0.3 is 9.64 Å². The Kier molecular flexibility index (Phi) is 7.26. The normalized spacial score (nSPS) is 19.6. The zero-order chi connectivity index (χ0) is 21.0. The molecular weight excluding hydrogens is 405 g/mol. The second-order valence-electron chi connectivity index (χ2n) is 8.51. The van der Waals surface area contributed by atoms with Crippen LogP contribution in [0.4, 0.5) is 0 Å². The maximum absolute atomic E-state index is 13.2. The Labute approximate surface area is 184 Å². The fourth-order valence-corrected chi connectivity index (χ4v) is 4.40. The van der Waals surface area contributed by atoms with Crippen LogP contribution in [0.5, 0.6) is 0 Å². The Hall–Kier alpha value is -1.55. The Morgan fingerprint density at radius 1 is 1.17 bits per heavy atom. The molecule has 0 bridgehead atoms. The molecule has 1 fully saturated rings. The average molecular weight is 434 g/mol. The number of amides is 1. The van der Waals surface area contributed by atoms with E-state index < -0.39 is 0 Å². The van der Waals surface area contributed by atoms with Gasteiger partial charge in [-0.15, -0.1) is 0 Å². The van der Waals surface area contributed by atoms with E-state index in [2.05, 4.69) is 13.8 Å². The van der Waals surface area contributed by atoms with E-state index in [0.717, 1.165) is 29.0 Å². The van der Waals surface area contributed by atoms with Gasteiger partial charge in [0.15, 0.2) is 0 Å². The molecule has 0 aromatic heterocycles. The number of carbonyl (C=O) groups excluding carboxylic acids is 1. The number of carbonyl (C=O) groups is 1. The lowest BCUT2D eigenvalue weighted by Gasteiger charge is -2.40. The van der Waals surface area contributed by atoms with E-state index >= 15 is 0 Å². The molecule has 29 heavy (non-hydrogen) atoms. The molecule has 1 aliphatic rings. The molecule has 0 spiro atoms. The first-order valence-electron chi connectivity index (χ1n) is 10.1. The summed E-state index contributed by atoms with van der Waals surface area (Å²) in [7, 11) is 1.92. The molecular formula is C24H29Cl2NO2. The van der Waals surface area contributed by atoms with Crippen molar-refractivity contribution in [1.82, 2.24) is 4.90 Å². The van der Waals surface area contributed by atoms with Crippen molar-refractivity contribution in [2.24, 2.45) is 0 Å². The van der Waals surface area contributed by atoms with E-state index in [0.29, 0.717) is 24.5 Å². The van der Waals surface area contributed by atoms with Crippen molar-refractivity contribution in [2.45, 2.75) is 57.1 Å². The Morgan fingerprint density at radius 2 is 1.86 bits per heavy atom. The summed E-state index contributed by atoms with van der Waals surface area (Å²) in [5.74, 6) is 0.190. The van der Waals surface area contributed by atoms with Crippen LogP contribution >= 0.6 is 23.2 Å². The molecule has 0 aliphatic carbocycles. The van der Waals surface area contributed by atoms with Crippen molar-refractivity contribution in [2.75, 3.05) is 13.7 Å². The minimum absolute atomic E-state index is 0.0370. The maximum atomic E-state index is 13.2. The second-order valence-corrected chi connectivity index (χ2v) is 9.35. The smallest absolute Gasteiger partial charge is 0.223 e. The summed E-state index contributed by atoms with van der Waals surface area (Å²) < 4.78 is 5.81. The first kappa shape index (κ1) is 22.1. The van der Waals surface area contributed by atoms with Gasteiger partial charge >= 0.3 is 0 Å². The lowest BCUT2D eigenvalue weighted by Crippen LogP contribution is -2.47. The molecule has 2 aromatic carbocycles. The van der Waals surface area contributed by atoms with Crippen LogP contribution < -0.4 is 0 Å². The SMILES string of the molecule is CN(C(=O)CC(Cc1ccccc1Cl)c1ccc(Cl)cc1)C1CCOC(C)(C)C1. The number of rotatable bonds is 6. The lowest BCUT2D eigenvalue weighted by atomic mass is 9.88. The van der Waals surface area contributed by atoms with Gasteiger partial charge in [0.25, 0.3) is 0 Å². The van der Waals surface area contributed by atoms with E-state index in [1.54, 1.807) is 0 Å². The zero-order valence-corrected chi connectivity index (χ0v) is 18.8. The van der Waals surface area contributed by atoms with Gasteiger partial charge in [-0.25, -0.2) is 0 Å². The highest BCUT2D eigenvalue weighted by Gasteiger charge is 2.33. The van der Waals surface area contributed by atoms with Gasteiger partial charge in [0.1, 0.15) is 0 Å². The van der Waals surface area contributed by atoms with E-state index in [4.69, 9.17) is 27.9 Å². The highest BCUT2D eigenvalue weighted by molar-refractivity contribution is 6.31. The van der Waals surface area contributed by atoms with Crippen LogP contribution in [0.1, 0.15) is 50.2 Å². The molecule has 0 N–H and O–H groups in total. The van der Waals surface area contributed by atoms with Crippen LogP contribution in [0.3, 0.4) is 0 Å². The molecule has 5 heteroatoms. The number of hydrogen-bond acceptors (Lipinski definition) is 2. The average Bonchev–Trinajstić information content (AvgIpc) is 2.68. The van der Waals surface area contributed by atoms with Crippen molar-refractivity contribution in [3.63, 3.8) is 0 Å². The lowest BCUT2D eigenvalue weighted by molar-refractivity contribution is -0.138. The maximum Gasteiger partial charge on any atom is 0.223 e. The van der Waals surface area contributed by atoms with Gasteiger partial charge in [-0.1, -0.05) is 53.5 Å². The zero-order valence-electron chi connectivity index (χ0n) is 17.3. The second kappa shape index (κ2) is 9.51. The molecule has 1 amide bonds. The molecule has 1 heterocycles. The van der Waals surface area contributed by atoms with Crippen LogP contribution in [0.15, 0.2) is 48.5 Å². The fourth-order valence-electron chi connectivity index (χ4n) is 4.06. The van der Waals surface area contributed by atoms with Crippen molar-refractivity contribution >= 4 is 29.1 Å². The molecule has 156 valence electrons. The number of hydrogen-bond donors (Lipinski definition) is 0. The summed E-state index contributed by atoms with van der Waals surface area (Å²) in [5.41, 5.74) is 1.96. The fraction of sp³-hybridized carbons (Fsp3) is 0.458. The Bertz CT molecular complexity index is 835. The third-order valence-corrected chi connectivity index (χ3v) is 6.42. The summed E-state index contributed by atoms with van der Waals surface area (Å²) >= 11 is 12.5. The van der Waals surface area contributed by atoms with Crippen LogP contribution in [0.2, 0.25) is 10.0 Å². The topological polar surface area (TPSA) is 29.5 Å². The summed E-state index contributed by atoms with van der Waals surface area (Å²) in [5, 5.41) is 1.43. The quantitative estimate of drug-likeness (QED) is 0.548. The highest BCUT2D eigenvalue weighted by atomic mass is 35.5. The molecule has 0 radical (unpaired) electrons. The van der Waals surface area contributed by atoms with Crippen LogP contribution in [0, 0.1) is 0 Å². The van der Waals surface area contributed by atoms with Gasteiger partial charge in [-0.05, 0) is 68.4 Å². The van der Waals surface area contributed by atoms with Crippen molar-refractivity contribution in [3.8, 4) is 0 Å². The largest absolute Gasteiger partial charge is 0.375 e. The summed E-state index contributed by atoms with van der Waals surface area (Å²) in [6.45, 7) is 4.87. The molecule has 2 unspecified atom stereocenters. The van der Waals surface area contributed by atoms with Gasteiger partial charge in [0, 0.05) is 36.2 Å². The van der Waals surface area contributed by atoms with Gasteiger partial charge in [0.2, 0.25) is 5.91 Å². The standard InChI is InChI=1S/C24H29Cl2NO2/c1-24(2)16-21(12-13-29-24)27(3)23(28)15-19(17-8-10-20(25)11-9-17)14-18-6-4-5-7-22(18)26/h4-11,19,21H,12-16H2,1-3H3. The predicted molar refractivity (Wildman–Crippen MR) is 120 cm³/mol. The van der Waals surface area contributed by atoms with Crippen LogP contribution in [-0.4, -0.2) is 36.1 Å². The van der Waals surface area contributed by atoms with Crippen molar-refractivity contribution < 1.29 is 9.53 Å². The third kappa shape index (κ3) is 5.97. The monoisotopic (exact) mass is 433 g/mol. The van der Waals surface area contributed by atoms with Crippen LogP contribution in [-0.2, 0) is 16.0 Å². The minimum Gasteiger partial charge on any atom is -0.375 e. The molecule has 3 nitrogen and oxygen atoms in total. The van der Waals surface area contributed by atoms with Gasteiger partial charge in [-0.3, -0.25) is 4.79 Å². The minimum atomic E-state index is -0.190. The highest BCUT2D eigenvalue weighted by Crippen LogP contribution is 2.31. The van der Waals surface area contributed by atoms with Gasteiger partial charge in [-0.2, -0.15) is 0 Å². The van der Waals surface area contributed by atoms with Crippen molar-refractivity contribution in [3.05, 3.63) is 69.7 Å². The van der Waals surface area contributed by atoms with Crippen LogP contribution in [0.25, 0.3) is 0 Å². The number of ether oxygens (including phenoxy) is 1. The van der Waals surface area contributed by atoms with E-state index in [9.17, 15) is 4.79 Å². The molecule has 3 rings (SSSR count). The first-order chi connectivity index (χ1) is 13.7. The number of nitrogens with zero attached hydrogens (tertiary/aromatic N) is 1. The van der Waals surface area contributed by atoms with Crippen molar-refractivity contribution in [1.29, 1.82) is 0 Å². The van der Waals surface area contributed by atoms with E-state index in [-0.39, 0.29) is 23.5 Å². The summed E-state index contributed by atoms with van der Waals surface area (Å²) in [6.07, 6.45) is 2.87. The summed E-state index contributed by atoms with van der Waals surface area (Å²) in [4.78, 5) is 15.1.